The van der Waals surface area contributed by atoms with Crippen molar-refractivity contribution in [2.45, 2.75) is 32.7 Å². The van der Waals surface area contributed by atoms with Crippen LogP contribution in [0.25, 0.3) is 0 Å². The van der Waals surface area contributed by atoms with Gasteiger partial charge in [0.05, 0.1) is 13.2 Å². The van der Waals surface area contributed by atoms with Gasteiger partial charge in [0.1, 0.15) is 0 Å². The third kappa shape index (κ3) is 8.42. The van der Waals surface area contributed by atoms with Crippen molar-refractivity contribution in [1.29, 1.82) is 5.41 Å². The van der Waals surface area contributed by atoms with Crippen LogP contribution in [0.2, 0.25) is 0 Å². The van der Waals surface area contributed by atoms with Crippen molar-refractivity contribution in [3.63, 3.8) is 0 Å². The summed E-state index contributed by atoms with van der Waals surface area (Å²) in [7, 11) is 0. The third-order valence-electron chi connectivity index (χ3n) is 3.11. The summed E-state index contributed by atoms with van der Waals surface area (Å²) in [4.78, 5) is 10.3. The van der Waals surface area contributed by atoms with Crippen LogP contribution in [0, 0.1) is 5.41 Å². The average molecular weight is 309 g/mol. The molecule has 0 aliphatic heterocycles. The van der Waals surface area contributed by atoms with E-state index in [1.165, 1.54) is 6.42 Å². The molecular weight excluding hydrogens is 282 g/mol. The molecule has 0 aliphatic carbocycles. The van der Waals surface area contributed by atoms with Crippen LogP contribution in [-0.2, 0) is 4.79 Å². The molecule has 0 saturated carbocycles. The summed E-state index contributed by atoms with van der Waals surface area (Å²) in [5, 5.41) is 26.9. The van der Waals surface area contributed by atoms with Crippen LogP contribution >= 0.6 is 0 Å². The Balaban J connectivity index is 0.00000135. The molecule has 124 valence electrons. The maximum Gasteiger partial charge on any atom is 0.231 e. The van der Waals surface area contributed by atoms with Crippen molar-refractivity contribution in [3.8, 4) is 0 Å². The quantitative estimate of drug-likeness (QED) is 0.413. The van der Waals surface area contributed by atoms with E-state index in [0.717, 1.165) is 23.9 Å². The molecule has 0 heterocycles. The van der Waals surface area contributed by atoms with Crippen LogP contribution in [-0.4, -0.2) is 48.6 Å². The van der Waals surface area contributed by atoms with Crippen molar-refractivity contribution in [3.05, 3.63) is 24.3 Å². The lowest BCUT2D eigenvalue weighted by Crippen LogP contribution is -2.29. The van der Waals surface area contributed by atoms with E-state index in [1.807, 2.05) is 29.2 Å². The topological polar surface area (TPSA) is 96.7 Å². The summed E-state index contributed by atoms with van der Waals surface area (Å²) in [6, 6.07) is 8.60. The maximum atomic E-state index is 9.02. The molecule has 0 radical (unpaired) electrons. The zero-order chi connectivity index (χ0) is 16.8. The summed E-state index contributed by atoms with van der Waals surface area (Å²) in [6.07, 6.45) is 3.08. The van der Waals surface area contributed by atoms with E-state index in [4.69, 9.17) is 20.4 Å². The number of rotatable bonds is 9. The van der Waals surface area contributed by atoms with E-state index in [-0.39, 0.29) is 13.2 Å². The number of nitrogens with zero attached hydrogens (tertiary/aromatic N) is 1. The Hall–Kier alpha value is -1.88. The van der Waals surface area contributed by atoms with Crippen molar-refractivity contribution in [2.24, 2.45) is 0 Å². The molecule has 0 saturated heterocycles. The van der Waals surface area contributed by atoms with E-state index in [2.05, 4.69) is 19.2 Å². The fourth-order valence-corrected chi connectivity index (χ4v) is 2.17. The highest BCUT2D eigenvalue weighted by atomic mass is 16.3. The Morgan fingerprint density at radius 2 is 1.73 bits per heavy atom. The molecule has 6 nitrogen and oxygen atoms in total. The minimum atomic E-state index is 0.0908. The second kappa shape index (κ2) is 12.8. The van der Waals surface area contributed by atoms with E-state index >= 15 is 0 Å². The van der Waals surface area contributed by atoms with Gasteiger partial charge in [0, 0.05) is 30.5 Å². The predicted molar refractivity (Wildman–Crippen MR) is 89.2 cm³/mol. The predicted octanol–water partition coefficient (Wildman–Crippen LogP) is 1.98. The molecule has 1 aromatic carbocycles. The summed E-state index contributed by atoms with van der Waals surface area (Å²) in [5.74, 6) is 0. The smallest absolute Gasteiger partial charge is 0.231 e. The minimum Gasteiger partial charge on any atom is -0.395 e. The van der Waals surface area contributed by atoms with Crippen molar-refractivity contribution in [1.82, 2.24) is 0 Å². The van der Waals surface area contributed by atoms with Crippen LogP contribution in [0.1, 0.15) is 26.7 Å². The fraction of sp³-hybridized carbons (Fsp3) is 0.562. The molecular formula is C16H27N3O3. The number of hydrogen-bond donors (Lipinski definition) is 4. The first kappa shape index (κ1) is 20.1. The highest BCUT2D eigenvalue weighted by Crippen LogP contribution is 2.18. The fourth-order valence-electron chi connectivity index (χ4n) is 2.17. The van der Waals surface area contributed by atoms with Crippen LogP contribution in [0.5, 0.6) is 0 Å². The van der Waals surface area contributed by atoms with Crippen LogP contribution in [0.3, 0.4) is 0 Å². The first-order valence-corrected chi connectivity index (χ1v) is 7.50. The van der Waals surface area contributed by atoms with Crippen molar-refractivity contribution >= 4 is 17.5 Å². The van der Waals surface area contributed by atoms with Gasteiger partial charge in [-0.1, -0.05) is 13.3 Å². The molecule has 0 bridgehead atoms. The highest BCUT2D eigenvalue weighted by molar-refractivity contribution is 5.55. The van der Waals surface area contributed by atoms with Crippen LogP contribution in [0.4, 0.5) is 11.4 Å². The Labute approximate surface area is 132 Å². The lowest BCUT2D eigenvalue weighted by molar-refractivity contribution is 0.281. The lowest BCUT2D eigenvalue weighted by Gasteiger charge is -2.23. The molecule has 22 heavy (non-hydrogen) atoms. The first-order valence-electron chi connectivity index (χ1n) is 7.50. The largest absolute Gasteiger partial charge is 0.395 e. The van der Waals surface area contributed by atoms with E-state index in [1.54, 1.807) is 0 Å². The number of nitrogens with one attached hydrogen (secondary N) is 2. The van der Waals surface area contributed by atoms with Crippen LogP contribution in [0.15, 0.2) is 24.3 Å². The van der Waals surface area contributed by atoms with Crippen molar-refractivity contribution in [2.75, 3.05) is 36.5 Å². The Kier molecular flexibility index (Phi) is 11.7. The number of isocyanates is 1. The summed E-state index contributed by atoms with van der Waals surface area (Å²) < 4.78 is 0. The van der Waals surface area contributed by atoms with E-state index in [0.29, 0.717) is 19.1 Å². The Bertz CT molecular complexity index is 411. The zero-order valence-electron chi connectivity index (χ0n) is 13.4. The summed E-state index contributed by atoms with van der Waals surface area (Å²) in [6.45, 7) is 5.63. The Morgan fingerprint density at radius 1 is 1.23 bits per heavy atom. The van der Waals surface area contributed by atoms with Gasteiger partial charge in [0.2, 0.25) is 6.08 Å². The molecule has 0 aliphatic rings. The molecule has 1 aromatic rings. The lowest BCUT2D eigenvalue weighted by atomic mass is 10.2. The monoisotopic (exact) mass is 309 g/mol. The van der Waals surface area contributed by atoms with Gasteiger partial charge in [0.15, 0.2) is 0 Å². The third-order valence-corrected chi connectivity index (χ3v) is 3.11. The van der Waals surface area contributed by atoms with E-state index < -0.39 is 0 Å². The molecule has 0 amide bonds. The second-order valence-corrected chi connectivity index (χ2v) is 4.92. The number of anilines is 2. The van der Waals surface area contributed by atoms with Gasteiger partial charge in [0.25, 0.3) is 0 Å². The summed E-state index contributed by atoms with van der Waals surface area (Å²) in [5.41, 5.74) is 2.13. The number of aliphatic hydroxyl groups excluding tert-OH is 2. The molecule has 6 heteroatoms. The highest BCUT2D eigenvalue weighted by Gasteiger charge is 2.06. The Morgan fingerprint density at radius 3 is 2.14 bits per heavy atom. The minimum absolute atomic E-state index is 0.0908. The standard InChI is InChI=1S/C15H26N2O2.CHNO/c1-3-4-13(2)16-14-5-7-15(8-6-14)17(9-11-18)10-12-19;2-1-3/h5-8,13,16,18-19H,3-4,9-12H2,1-2H3;2H. The van der Waals surface area contributed by atoms with E-state index in [9.17, 15) is 0 Å². The number of aliphatic hydroxyl groups is 2. The van der Waals surface area contributed by atoms with Gasteiger partial charge in [-0.15, -0.1) is 0 Å². The van der Waals surface area contributed by atoms with Gasteiger partial charge in [-0.2, -0.15) is 0 Å². The second-order valence-electron chi connectivity index (χ2n) is 4.92. The average Bonchev–Trinajstić information content (AvgIpc) is 2.49. The number of carbonyl (C=O) groups excluding carboxylic acids is 1. The van der Waals surface area contributed by atoms with Gasteiger partial charge in [-0.3, -0.25) is 0 Å². The molecule has 1 rings (SSSR count). The van der Waals surface area contributed by atoms with Crippen molar-refractivity contribution < 1.29 is 15.0 Å². The van der Waals surface area contributed by atoms with Gasteiger partial charge in [-0.05, 0) is 37.6 Å². The normalized spacial score (nSPS) is 10.9. The van der Waals surface area contributed by atoms with Crippen LogP contribution < -0.4 is 10.2 Å². The molecule has 1 unspecified atom stereocenters. The molecule has 0 aromatic heterocycles. The van der Waals surface area contributed by atoms with Gasteiger partial charge < -0.3 is 20.4 Å². The first-order chi connectivity index (χ1) is 10.6. The number of hydrogen-bond acceptors (Lipinski definition) is 6. The van der Waals surface area contributed by atoms with Gasteiger partial charge >= 0.3 is 0 Å². The number of benzene rings is 1. The molecule has 0 spiro atoms. The maximum absolute atomic E-state index is 9.02. The summed E-state index contributed by atoms with van der Waals surface area (Å²) >= 11 is 0. The SMILES string of the molecule is CCCC(C)Nc1ccc(N(CCO)CCO)cc1.N=C=O. The molecule has 4 N–H and O–H groups in total. The molecule has 0 fully saturated rings. The zero-order valence-corrected chi connectivity index (χ0v) is 13.4. The molecule has 1 atom stereocenters. The van der Waals surface area contributed by atoms with Gasteiger partial charge in [-0.25, -0.2) is 10.2 Å².